The van der Waals surface area contributed by atoms with Crippen LogP contribution in [0.4, 0.5) is 0 Å². The van der Waals surface area contributed by atoms with Gasteiger partial charge in [0.15, 0.2) is 0 Å². The van der Waals surface area contributed by atoms with Crippen molar-refractivity contribution in [1.82, 2.24) is 0 Å². The van der Waals surface area contributed by atoms with Crippen LogP contribution in [0.2, 0.25) is 0 Å². The summed E-state index contributed by atoms with van der Waals surface area (Å²) >= 11 is 0. The Morgan fingerprint density at radius 1 is 0.517 bits per heavy atom. The number of aldehydes is 2. The summed E-state index contributed by atoms with van der Waals surface area (Å²) in [7, 11) is 0. The van der Waals surface area contributed by atoms with Gasteiger partial charge in [0.05, 0.1) is 13.2 Å². The van der Waals surface area contributed by atoms with E-state index < -0.39 is 5.41 Å². The van der Waals surface area contributed by atoms with E-state index in [1.807, 2.05) is 0 Å². The quantitative estimate of drug-likeness (QED) is 0.101. The lowest BCUT2D eigenvalue weighted by Gasteiger charge is -2.21. The third-order valence-corrected chi connectivity index (χ3v) is 5.50. The molecule has 0 unspecified atom stereocenters. The summed E-state index contributed by atoms with van der Waals surface area (Å²) < 4.78 is 11.3. The van der Waals surface area contributed by atoms with Crippen molar-refractivity contribution in [2.45, 2.75) is 117 Å². The van der Waals surface area contributed by atoms with Crippen LogP contribution in [0.25, 0.3) is 0 Å². The molecular formula is C25H48O4. The van der Waals surface area contributed by atoms with E-state index in [1.165, 1.54) is 77.0 Å². The molecule has 0 aliphatic carbocycles. The van der Waals surface area contributed by atoms with Crippen molar-refractivity contribution in [1.29, 1.82) is 0 Å². The standard InChI is InChI=1S/C25H48O4/c1-3-5-7-9-11-13-15-17-19-28-23-25(21-26,22-27)24-29-20-18-16-14-12-10-8-6-4-2/h21-22H,3-20,23-24H2,1-2H3. The van der Waals surface area contributed by atoms with E-state index in [0.717, 1.165) is 25.7 Å². The highest BCUT2D eigenvalue weighted by Gasteiger charge is 2.30. The first-order chi connectivity index (χ1) is 14.2. The van der Waals surface area contributed by atoms with Gasteiger partial charge >= 0.3 is 0 Å². The summed E-state index contributed by atoms with van der Waals surface area (Å²) in [6, 6.07) is 0. The van der Waals surface area contributed by atoms with Crippen LogP contribution < -0.4 is 0 Å². The molecule has 172 valence electrons. The second-order valence-corrected chi connectivity index (χ2v) is 8.52. The van der Waals surface area contributed by atoms with E-state index in [4.69, 9.17) is 9.47 Å². The van der Waals surface area contributed by atoms with Crippen LogP contribution >= 0.6 is 0 Å². The van der Waals surface area contributed by atoms with Crippen LogP contribution in [-0.2, 0) is 19.1 Å². The molecule has 0 aromatic heterocycles. The second kappa shape index (κ2) is 22.0. The summed E-state index contributed by atoms with van der Waals surface area (Å²) in [5, 5.41) is 0. The zero-order chi connectivity index (χ0) is 21.5. The van der Waals surface area contributed by atoms with Crippen molar-refractivity contribution >= 4 is 12.6 Å². The average Bonchev–Trinajstić information content (AvgIpc) is 2.75. The fraction of sp³-hybridized carbons (Fsp3) is 0.920. The number of rotatable bonds is 24. The molecule has 0 radical (unpaired) electrons. The summed E-state index contributed by atoms with van der Waals surface area (Å²) in [6.07, 6.45) is 21.3. The molecule has 0 fully saturated rings. The third kappa shape index (κ3) is 17.8. The topological polar surface area (TPSA) is 52.6 Å². The van der Waals surface area contributed by atoms with Crippen molar-refractivity contribution in [3.05, 3.63) is 0 Å². The van der Waals surface area contributed by atoms with Gasteiger partial charge in [-0.05, 0) is 12.8 Å². The predicted octanol–water partition coefficient (Wildman–Crippen LogP) is 6.69. The summed E-state index contributed by atoms with van der Waals surface area (Å²) in [4.78, 5) is 22.9. The van der Waals surface area contributed by atoms with Gasteiger partial charge in [0.1, 0.15) is 18.0 Å². The average molecular weight is 413 g/mol. The number of hydrogen-bond donors (Lipinski definition) is 0. The van der Waals surface area contributed by atoms with Gasteiger partial charge in [0, 0.05) is 13.2 Å². The highest BCUT2D eigenvalue weighted by atomic mass is 16.5. The van der Waals surface area contributed by atoms with Gasteiger partial charge in [0.2, 0.25) is 0 Å². The molecule has 0 amide bonds. The van der Waals surface area contributed by atoms with Gasteiger partial charge < -0.3 is 19.1 Å². The molecule has 4 nitrogen and oxygen atoms in total. The zero-order valence-corrected chi connectivity index (χ0v) is 19.4. The summed E-state index contributed by atoms with van der Waals surface area (Å²) in [5.41, 5.74) is -1.14. The molecule has 0 N–H and O–H groups in total. The smallest absolute Gasteiger partial charge is 0.137 e. The molecule has 0 aromatic rings. The monoisotopic (exact) mass is 412 g/mol. The van der Waals surface area contributed by atoms with E-state index in [0.29, 0.717) is 25.8 Å². The Balaban J connectivity index is 3.66. The van der Waals surface area contributed by atoms with Crippen LogP contribution in [0.3, 0.4) is 0 Å². The molecule has 0 heterocycles. The fourth-order valence-electron chi connectivity index (χ4n) is 3.41. The van der Waals surface area contributed by atoms with Gasteiger partial charge in [-0.2, -0.15) is 0 Å². The second-order valence-electron chi connectivity index (χ2n) is 8.52. The Kier molecular flexibility index (Phi) is 21.4. The molecule has 0 spiro atoms. The van der Waals surface area contributed by atoms with Gasteiger partial charge in [0.25, 0.3) is 0 Å². The van der Waals surface area contributed by atoms with Gasteiger partial charge in [-0.25, -0.2) is 0 Å². The largest absolute Gasteiger partial charge is 0.380 e. The maximum Gasteiger partial charge on any atom is 0.137 e. The lowest BCUT2D eigenvalue weighted by molar-refractivity contribution is -0.135. The number of carbonyl (C=O) groups is 2. The lowest BCUT2D eigenvalue weighted by Crippen LogP contribution is -2.36. The molecule has 0 aliphatic rings. The Bertz CT molecular complexity index is 323. The summed E-state index contributed by atoms with van der Waals surface area (Å²) in [5.74, 6) is 0. The predicted molar refractivity (Wildman–Crippen MR) is 121 cm³/mol. The van der Waals surface area contributed by atoms with Crippen LogP contribution in [0.5, 0.6) is 0 Å². The van der Waals surface area contributed by atoms with Gasteiger partial charge in [-0.15, -0.1) is 0 Å². The molecule has 0 aromatic carbocycles. The number of hydrogen-bond acceptors (Lipinski definition) is 4. The van der Waals surface area contributed by atoms with Crippen molar-refractivity contribution in [2.24, 2.45) is 5.41 Å². The van der Waals surface area contributed by atoms with Crippen molar-refractivity contribution in [3.8, 4) is 0 Å². The van der Waals surface area contributed by atoms with Crippen molar-refractivity contribution < 1.29 is 19.1 Å². The minimum Gasteiger partial charge on any atom is -0.380 e. The van der Waals surface area contributed by atoms with Crippen molar-refractivity contribution in [3.63, 3.8) is 0 Å². The summed E-state index contributed by atoms with van der Waals surface area (Å²) in [6.45, 7) is 5.95. The first-order valence-corrected chi connectivity index (χ1v) is 12.3. The first-order valence-electron chi connectivity index (χ1n) is 12.3. The molecule has 4 heteroatoms. The Morgan fingerprint density at radius 3 is 1.14 bits per heavy atom. The first kappa shape index (κ1) is 28.3. The SMILES string of the molecule is CCCCCCCCCCOCC(C=O)(C=O)COCCCCCCCCCC. The molecular weight excluding hydrogens is 364 g/mol. The normalized spacial score (nSPS) is 11.7. The Hall–Kier alpha value is -0.740. The minimum absolute atomic E-state index is 0.133. The maximum atomic E-state index is 11.4. The van der Waals surface area contributed by atoms with E-state index in [-0.39, 0.29) is 13.2 Å². The van der Waals surface area contributed by atoms with Gasteiger partial charge in [-0.1, -0.05) is 104 Å². The van der Waals surface area contributed by atoms with Gasteiger partial charge in [-0.3, -0.25) is 0 Å². The molecule has 0 bridgehead atoms. The molecule has 0 saturated carbocycles. The van der Waals surface area contributed by atoms with Crippen molar-refractivity contribution in [2.75, 3.05) is 26.4 Å². The zero-order valence-electron chi connectivity index (χ0n) is 19.4. The van der Waals surface area contributed by atoms with E-state index in [1.54, 1.807) is 0 Å². The molecule has 0 atom stereocenters. The molecule has 0 saturated heterocycles. The maximum absolute atomic E-state index is 11.4. The highest BCUT2D eigenvalue weighted by molar-refractivity contribution is 5.84. The van der Waals surface area contributed by atoms with Crippen LogP contribution in [0, 0.1) is 5.41 Å². The van der Waals surface area contributed by atoms with Crippen LogP contribution in [0.1, 0.15) is 117 Å². The van der Waals surface area contributed by atoms with Crippen LogP contribution in [0.15, 0.2) is 0 Å². The minimum atomic E-state index is -1.14. The highest BCUT2D eigenvalue weighted by Crippen LogP contribution is 2.14. The van der Waals surface area contributed by atoms with Crippen LogP contribution in [-0.4, -0.2) is 39.0 Å². The molecule has 0 rings (SSSR count). The van der Waals surface area contributed by atoms with E-state index >= 15 is 0 Å². The number of ether oxygens (including phenoxy) is 2. The molecule has 29 heavy (non-hydrogen) atoms. The van der Waals surface area contributed by atoms with E-state index in [2.05, 4.69) is 13.8 Å². The lowest BCUT2D eigenvalue weighted by atomic mass is 9.94. The molecule has 0 aliphatic heterocycles. The third-order valence-electron chi connectivity index (χ3n) is 5.50. The Labute approximate surface area is 180 Å². The fourth-order valence-corrected chi connectivity index (χ4v) is 3.41. The Morgan fingerprint density at radius 2 is 0.828 bits per heavy atom. The number of carbonyl (C=O) groups excluding carboxylic acids is 2. The van der Waals surface area contributed by atoms with E-state index in [9.17, 15) is 9.59 Å². The number of unbranched alkanes of at least 4 members (excludes halogenated alkanes) is 14.